The summed E-state index contributed by atoms with van der Waals surface area (Å²) in [4.78, 5) is 36.3. The van der Waals surface area contributed by atoms with Crippen LogP contribution in [0.15, 0.2) is 47.3 Å². The molecule has 1 heterocycles. The molecule has 1 aromatic heterocycles. The number of nitrogens with zero attached hydrogens (tertiary/aromatic N) is 1. The van der Waals surface area contributed by atoms with Crippen LogP contribution in [-0.4, -0.2) is 16.6 Å². The van der Waals surface area contributed by atoms with Gasteiger partial charge in [-0.05, 0) is 61.2 Å². The Bertz CT molecular complexity index is 1320. The molecule has 0 aliphatic rings. The number of hydrogen-bond donors (Lipinski definition) is 2. The Morgan fingerprint density at radius 2 is 1.67 bits per heavy atom. The van der Waals surface area contributed by atoms with E-state index in [9.17, 15) is 29.0 Å². The second kappa shape index (κ2) is 13.4. The van der Waals surface area contributed by atoms with E-state index in [0.717, 1.165) is 16.7 Å². The van der Waals surface area contributed by atoms with E-state index in [0.29, 0.717) is 11.3 Å². The molecule has 2 N–H and O–H groups in total. The maximum atomic E-state index is 14.8. The number of halogens is 1. The van der Waals surface area contributed by atoms with E-state index in [-0.39, 0.29) is 64.7 Å². The van der Waals surface area contributed by atoms with E-state index in [2.05, 4.69) is 10.6 Å². The average molecular weight is 511 g/mol. The maximum absolute atomic E-state index is 14.8. The number of nitrogens with one attached hydrogen (secondary N) is 2. The van der Waals surface area contributed by atoms with Crippen LogP contribution in [0, 0.1) is 26.6 Å². The number of carbonyl (C=O) groups excluding carboxylic acids is 2. The van der Waals surface area contributed by atoms with E-state index in [1.54, 1.807) is 13.0 Å². The van der Waals surface area contributed by atoms with Crippen molar-refractivity contribution >= 4 is 17.7 Å². The molecule has 11 heteroatoms. The van der Waals surface area contributed by atoms with E-state index in [1.165, 1.54) is 29.8 Å². The van der Waals surface area contributed by atoms with Gasteiger partial charge in [0.1, 0.15) is 11.5 Å². The Morgan fingerprint density at radius 3 is 2.25 bits per heavy atom. The summed E-state index contributed by atoms with van der Waals surface area (Å²) in [5, 5.41) is 28.1. The van der Waals surface area contributed by atoms with Crippen LogP contribution in [0.5, 0.6) is 5.75 Å². The van der Waals surface area contributed by atoms with E-state index in [4.69, 9.17) is 0 Å². The monoisotopic (exact) mass is 511 g/mol. The summed E-state index contributed by atoms with van der Waals surface area (Å²) in [6, 6.07) is 8.78. The predicted octanol–water partition coefficient (Wildman–Crippen LogP) is -3.80. The molecule has 0 fully saturated rings. The van der Waals surface area contributed by atoms with Crippen molar-refractivity contribution < 1.29 is 83.3 Å². The third-order valence-electron chi connectivity index (χ3n) is 5.69. The number of carboxylic acids is 1. The molecule has 178 valence electrons. The first-order valence-electron chi connectivity index (χ1n) is 10.5. The van der Waals surface area contributed by atoms with Gasteiger partial charge in [-0.3, -0.25) is 4.79 Å². The van der Waals surface area contributed by atoms with Crippen molar-refractivity contribution in [2.24, 2.45) is 7.05 Å². The molecule has 0 aliphatic heterocycles. The van der Waals surface area contributed by atoms with Crippen molar-refractivity contribution in [3.05, 3.63) is 81.0 Å². The summed E-state index contributed by atoms with van der Waals surface area (Å²) in [6.45, 7) is 5.37. The average Bonchev–Trinajstić information content (AvgIpc) is 2.75. The number of benzene rings is 2. The summed E-state index contributed by atoms with van der Waals surface area (Å²) in [5.74, 6) is -2.94. The van der Waals surface area contributed by atoms with Crippen molar-refractivity contribution in [3.63, 3.8) is 0 Å². The number of hydrogen-bond acceptors (Lipinski definition) is 5. The number of aryl methyl sites for hydroxylation is 3. The zero-order valence-electron chi connectivity index (χ0n) is 21.2. The third-order valence-corrected chi connectivity index (χ3v) is 5.69. The summed E-state index contributed by atoms with van der Waals surface area (Å²) in [5.41, 5.74) is 2.50. The van der Waals surface area contributed by atoms with Gasteiger partial charge in [0.05, 0.1) is 6.04 Å². The molecular formula is C25H24FN3Na2O5. The second-order valence-corrected chi connectivity index (χ2v) is 8.12. The van der Waals surface area contributed by atoms with E-state index in [1.807, 2.05) is 32.0 Å². The molecule has 1 atom stereocenters. The molecule has 0 saturated carbocycles. The number of aromatic nitrogens is 1. The number of carboxylic acid groups (broad SMARTS) is 1. The van der Waals surface area contributed by atoms with Crippen LogP contribution in [-0.2, 0) is 11.8 Å². The molecular weight excluding hydrogens is 487 g/mol. The molecule has 0 bridgehead atoms. The van der Waals surface area contributed by atoms with Crippen LogP contribution >= 0.6 is 0 Å². The van der Waals surface area contributed by atoms with Gasteiger partial charge in [-0.2, -0.15) is 0 Å². The van der Waals surface area contributed by atoms with Gasteiger partial charge in [-0.25, -0.2) is 9.18 Å². The molecule has 0 spiro atoms. The largest absolute Gasteiger partial charge is 1.00 e. The molecule has 0 unspecified atom stereocenters. The van der Waals surface area contributed by atoms with Crippen molar-refractivity contribution in [3.8, 4) is 16.9 Å². The van der Waals surface area contributed by atoms with Gasteiger partial charge < -0.3 is 30.2 Å². The van der Waals surface area contributed by atoms with Gasteiger partial charge in [0, 0.05) is 30.7 Å². The molecule has 0 radical (unpaired) electrons. The minimum Gasteiger partial charge on any atom is -0.871 e. The molecule has 0 aliphatic carbocycles. The number of carbonyl (C=O) groups is 2. The Hall–Kier alpha value is -2.14. The summed E-state index contributed by atoms with van der Waals surface area (Å²) < 4.78 is 16.0. The second-order valence-electron chi connectivity index (χ2n) is 8.12. The van der Waals surface area contributed by atoms with Crippen molar-refractivity contribution in [2.45, 2.75) is 33.2 Å². The fourth-order valence-electron chi connectivity index (χ4n) is 3.86. The van der Waals surface area contributed by atoms with Gasteiger partial charge in [0.15, 0.2) is 0 Å². The first-order chi connectivity index (χ1) is 16.0. The fraction of sp³-hybridized carbons (Fsp3) is 0.240. The summed E-state index contributed by atoms with van der Waals surface area (Å²) >= 11 is 0. The quantitative estimate of drug-likeness (QED) is 0.329. The van der Waals surface area contributed by atoms with Gasteiger partial charge >= 0.3 is 65.1 Å². The van der Waals surface area contributed by atoms with Gasteiger partial charge in [0.2, 0.25) is 0 Å². The van der Waals surface area contributed by atoms with Gasteiger partial charge in [-0.15, -0.1) is 0 Å². The summed E-state index contributed by atoms with van der Waals surface area (Å²) in [7, 11) is 1.44. The maximum Gasteiger partial charge on any atom is 1.00 e. The van der Waals surface area contributed by atoms with Crippen molar-refractivity contribution in [1.29, 1.82) is 0 Å². The zero-order valence-corrected chi connectivity index (χ0v) is 25.2. The predicted molar refractivity (Wildman–Crippen MR) is 122 cm³/mol. The standard InChI is InChI=1S/C25H26FN3O5.2Na/c1-13-6-5-7-14(2)22(13)16-8-9-18(26)17(11-16)19(12-21(31)32)27-25(34)28-23-20(30)10-15(3)29(4)24(23)33;;/h5-11,19,30H,12H2,1-4H3,(H,31,32)(H2,27,28,34);;/q;2*+1/p-2/t19-;;/m0../s1. The fourth-order valence-corrected chi connectivity index (χ4v) is 3.86. The Balaban J connectivity index is 0.00000324. The Kier molecular flexibility index (Phi) is 11.9. The molecule has 0 saturated heterocycles. The topological polar surface area (TPSA) is 126 Å². The normalized spacial score (nSPS) is 11.0. The molecule has 2 aromatic carbocycles. The van der Waals surface area contributed by atoms with Gasteiger partial charge in [-0.1, -0.05) is 30.0 Å². The summed E-state index contributed by atoms with van der Waals surface area (Å²) in [6.07, 6.45) is -0.726. The van der Waals surface area contributed by atoms with Crippen molar-refractivity contribution in [1.82, 2.24) is 9.88 Å². The Labute approximate surface area is 252 Å². The number of urea groups is 1. The van der Waals surface area contributed by atoms with Crippen LogP contribution in [0.2, 0.25) is 0 Å². The third kappa shape index (κ3) is 7.21. The number of pyridine rings is 1. The molecule has 8 nitrogen and oxygen atoms in total. The number of anilines is 1. The molecule has 36 heavy (non-hydrogen) atoms. The molecule has 3 rings (SSSR count). The van der Waals surface area contributed by atoms with Crippen LogP contribution in [0.25, 0.3) is 11.1 Å². The van der Waals surface area contributed by atoms with E-state index < -0.39 is 47.3 Å². The van der Waals surface area contributed by atoms with E-state index >= 15 is 0 Å². The first kappa shape index (κ1) is 31.9. The molecule has 3 aromatic rings. The Morgan fingerprint density at radius 1 is 1.06 bits per heavy atom. The number of aliphatic carboxylic acids is 1. The minimum atomic E-state index is -1.52. The minimum absolute atomic E-state index is 0. The zero-order chi connectivity index (χ0) is 25.2. The van der Waals surface area contributed by atoms with Crippen LogP contribution in [0.1, 0.15) is 34.8 Å². The smallest absolute Gasteiger partial charge is 0.871 e. The van der Waals surface area contributed by atoms with Crippen LogP contribution in [0.3, 0.4) is 0 Å². The number of rotatable bonds is 6. The van der Waals surface area contributed by atoms with Gasteiger partial charge in [0.25, 0.3) is 5.56 Å². The van der Waals surface area contributed by atoms with Crippen LogP contribution < -0.4 is 85.5 Å². The van der Waals surface area contributed by atoms with Crippen LogP contribution in [0.4, 0.5) is 14.9 Å². The first-order valence-corrected chi connectivity index (χ1v) is 10.5. The van der Waals surface area contributed by atoms with Crippen molar-refractivity contribution in [2.75, 3.05) is 5.32 Å². The molecule has 2 amide bonds. The number of amides is 2. The SMILES string of the molecule is Cc1cccc(C)c1-c1ccc(F)c([C@H](CC(=O)[O-])NC(=O)Nc2c([O-])cc(C)n(C)c2=O)c1.[Na+].[Na+].